The van der Waals surface area contributed by atoms with Crippen molar-refractivity contribution in [2.45, 2.75) is 85.7 Å². The van der Waals surface area contributed by atoms with Gasteiger partial charge in [-0.25, -0.2) is 4.98 Å². The fourth-order valence-corrected chi connectivity index (χ4v) is 7.72. The van der Waals surface area contributed by atoms with Crippen LogP contribution in [0.25, 0.3) is 72.7 Å². The van der Waals surface area contributed by atoms with Crippen LogP contribution >= 0.6 is 0 Å². The van der Waals surface area contributed by atoms with Crippen molar-refractivity contribution in [3.63, 3.8) is 0 Å². The summed E-state index contributed by atoms with van der Waals surface area (Å²) in [5, 5.41) is 11.8. The van der Waals surface area contributed by atoms with Crippen LogP contribution in [0.4, 0.5) is 0 Å². The first-order chi connectivity index (χ1) is 32.1. The van der Waals surface area contributed by atoms with E-state index >= 15 is 0 Å². The van der Waals surface area contributed by atoms with E-state index in [-0.39, 0.29) is 32.2 Å². The quantitative estimate of drug-likeness (QED) is 0.162. The number of fused-ring (bicyclic) bond motifs is 1. The molecule has 0 fully saturated rings. The summed E-state index contributed by atoms with van der Waals surface area (Å²) < 4.78 is 87.1. The minimum absolute atomic E-state index is 0. The van der Waals surface area contributed by atoms with Crippen molar-refractivity contribution >= 4 is 11.0 Å². The molecule has 8 aromatic rings. The number of rotatable bonds is 7. The summed E-state index contributed by atoms with van der Waals surface area (Å²) >= 11 is 0. The van der Waals surface area contributed by atoms with Gasteiger partial charge >= 0.3 is 0 Å². The zero-order valence-electron chi connectivity index (χ0n) is 44.8. The van der Waals surface area contributed by atoms with Gasteiger partial charge in [-0.2, -0.15) is 0 Å². The van der Waals surface area contributed by atoms with Crippen LogP contribution < -0.4 is 0 Å². The molecule has 0 bridgehead atoms. The molecule has 0 saturated heterocycles. The third-order valence-electron chi connectivity index (χ3n) is 11.0. The molecule has 0 aliphatic heterocycles. The Balaban J connectivity index is 0.00000722. The molecule has 0 saturated carbocycles. The largest absolute Gasteiger partial charge is 0.507 e. The van der Waals surface area contributed by atoms with Crippen LogP contribution in [0.1, 0.15) is 103 Å². The van der Waals surface area contributed by atoms with Crippen molar-refractivity contribution < 1.29 is 39.9 Å². The molecule has 0 amide bonds. The molecule has 0 aliphatic rings. The Bertz CT molecular complexity index is 3200. The molecule has 0 aliphatic carbocycles. The summed E-state index contributed by atoms with van der Waals surface area (Å²) in [7, 11) is 0. The van der Waals surface area contributed by atoms with Gasteiger partial charge in [-0.3, -0.25) is 9.55 Å². The second kappa shape index (κ2) is 16.5. The minimum atomic E-state index is -3.48. The van der Waals surface area contributed by atoms with E-state index in [0.717, 1.165) is 44.5 Å². The first kappa shape index (κ1) is 31.3. The topological polar surface area (TPSA) is 50.9 Å². The van der Waals surface area contributed by atoms with Crippen LogP contribution in [0.3, 0.4) is 0 Å². The number of hydrogen-bond donors (Lipinski definition) is 1. The maximum atomic E-state index is 11.8. The monoisotopic (exact) mass is 977 g/mol. The molecule has 2 aromatic heterocycles. The van der Waals surface area contributed by atoms with Crippen molar-refractivity contribution in [3.05, 3.63) is 167 Å². The number of phenolic OH excluding ortho intramolecular Hbond substituents is 1. The molecule has 0 unspecified atom stereocenters. The van der Waals surface area contributed by atoms with E-state index in [1.165, 1.54) is 12.1 Å². The van der Waals surface area contributed by atoms with Gasteiger partial charge in [0.15, 0.2) is 0 Å². The Morgan fingerprint density at radius 1 is 0.683 bits per heavy atom. The van der Waals surface area contributed by atoms with E-state index in [4.69, 9.17) is 23.7 Å². The zero-order valence-corrected chi connectivity index (χ0v) is 37.1. The van der Waals surface area contributed by atoms with E-state index in [2.05, 4.69) is 39.0 Å². The summed E-state index contributed by atoms with van der Waals surface area (Å²) in [6.07, 6.45) is 1.78. The fourth-order valence-electron chi connectivity index (χ4n) is 7.72. The third kappa shape index (κ3) is 8.28. The van der Waals surface area contributed by atoms with Crippen LogP contribution in [0.5, 0.6) is 5.75 Å². The summed E-state index contributed by atoms with van der Waals surface area (Å²) in [5.41, 5.74) is 7.20. The molecule has 0 radical (unpaired) electrons. The molecule has 0 spiro atoms. The van der Waals surface area contributed by atoms with Crippen LogP contribution in [-0.2, 0) is 31.9 Å². The number of hydrogen-bond acceptors (Lipinski definition) is 3. The molecule has 5 heteroatoms. The average Bonchev–Trinajstić information content (AvgIpc) is 3.65. The second-order valence-corrected chi connectivity index (χ2v) is 16.7. The van der Waals surface area contributed by atoms with Crippen molar-refractivity contribution in [3.8, 4) is 67.5 Å². The zero-order chi connectivity index (χ0) is 50.2. The molecule has 306 valence electrons. The summed E-state index contributed by atoms with van der Waals surface area (Å²) in [6, 6.07) is 42.5. The number of aromatic hydroxyl groups is 1. The van der Waals surface area contributed by atoms with Gasteiger partial charge in [-0.1, -0.05) is 151 Å². The van der Waals surface area contributed by atoms with Crippen molar-refractivity contribution in [2.24, 2.45) is 0 Å². The van der Waals surface area contributed by atoms with Gasteiger partial charge in [0.25, 0.3) is 0 Å². The summed E-state index contributed by atoms with van der Waals surface area (Å²) in [5.74, 6) is -0.400. The van der Waals surface area contributed by atoms with Crippen LogP contribution in [0.2, 0.25) is 0 Å². The Hall–Kier alpha value is -5.57. The van der Waals surface area contributed by atoms with Gasteiger partial charge in [-0.05, 0) is 99.8 Å². The van der Waals surface area contributed by atoms with Crippen molar-refractivity contribution in [1.82, 2.24) is 14.5 Å². The van der Waals surface area contributed by atoms with E-state index in [1.807, 2.05) is 98.1 Å². The molecule has 60 heavy (non-hydrogen) atoms. The normalized spacial score (nSPS) is 15.2. The first-order valence-electron chi connectivity index (χ1n) is 24.8. The average molecular weight is 978 g/mol. The van der Waals surface area contributed by atoms with Crippen LogP contribution in [0, 0.1) is 19.9 Å². The Morgan fingerprint density at radius 2 is 1.42 bits per heavy atom. The first-order valence-corrected chi connectivity index (χ1v) is 19.8. The van der Waals surface area contributed by atoms with E-state index in [9.17, 15) is 5.11 Å². The molecule has 2 heterocycles. The molecule has 6 aromatic carbocycles. The second-order valence-electron chi connectivity index (χ2n) is 16.7. The molecular weight excluding hydrogens is 914 g/mol. The smallest absolute Gasteiger partial charge is 0.148 e. The maximum absolute atomic E-state index is 11.8. The number of aromatic nitrogens is 3. The molecule has 0 atom stereocenters. The van der Waals surface area contributed by atoms with Crippen LogP contribution in [-0.4, -0.2) is 19.6 Å². The molecule has 4 nitrogen and oxygen atoms in total. The van der Waals surface area contributed by atoms with Crippen LogP contribution in [0.15, 0.2) is 134 Å². The maximum Gasteiger partial charge on any atom is 0.148 e. The molecule has 1 N–H and O–H groups in total. The predicted molar refractivity (Wildman–Crippen MR) is 248 cm³/mol. The fraction of sp³-hybridized carbons (Fsp3) is 0.236. The predicted octanol–water partition coefficient (Wildman–Crippen LogP) is 14.6. The van der Waals surface area contributed by atoms with Crippen molar-refractivity contribution in [1.29, 1.82) is 0 Å². The number of phenols is 1. The molecule has 8 rings (SSSR count). The molecular formula is C55H54N3OPt-. The number of benzene rings is 6. The van der Waals surface area contributed by atoms with Gasteiger partial charge in [0.1, 0.15) is 11.6 Å². The minimum Gasteiger partial charge on any atom is -0.507 e. The Labute approximate surface area is 384 Å². The van der Waals surface area contributed by atoms with E-state index < -0.39 is 37.4 Å². The van der Waals surface area contributed by atoms with Gasteiger partial charge in [0.05, 0.1) is 22.3 Å². The van der Waals surface area contributed by atoms with Gasteiger partial charge in [-0.15, -0.1) is 29.3 Å². The standard InChI is InChI=1S/C55H54N3O.Pt/c1-34(2)37-19-21-38(22-20-37)40-25-26-56-48(32-40)42-29-41(30-44(31-42)55(8,9)10)45-17-14-18-50-51(45)57-53(47-28-35(3)27-36(4)52(47)59)58(50)49-24-23-43(54(5,6)7)33-46(49)39-15-12-11-13-16-39;/h11-28,30-34,59H,1-10H3;/q-1;/i5D3,6D3,7D3,34D;. The third-order valence-corrected chi connectivity index (χ3v) is 11.0. The Morgan fingerprint density at radius 3 is 2.12 bits per heavy atom. The number of imidazole rings is 1. The van der Waals surface area contributed by atoms with Gasteiger partial charge in [0, 0.05) is 52.2 Å². The number of aryl methyl sites for hydroxylation is 2. The van der Waals surface area contributed by atoms with E-state index in [0.29, 0.717) is 50.5 Å². The summed E-state index contributed by atoms with van der Waals surface area (Å²) in [4.78, 5) is 10.2. The van der Waals surface area contributed by atoms with Gasteiger partial charge < -0.3 is 5.11 Å². The number of nitrogens with zero attached hydrogens (tertiary/aromatic N) is 3. The number of para-hydroxylation sites is 1. The number of pyridine rings is 1. The SMILES string of the molecule is [2H]C(C)(C)c1ccc(-c2ccnc(-c3[c-]c(-c4cccc5c4nc(-c4cc(C)cc(C)c4O)n5-c4ccc(C(C([2H])([2H])[2H])(C([2H])([2H])[2H])C([2H])([2H])[2H])cc4-c4ccccc4)cc(C(C)(C)C)c3)c2)cc1.[Pt]. The summed E-state index contributed by atoms with van der Waals surface area (Å²) in [6.45, 7) is 3.42. The van der Waals surface area contributed by atoms with Gasteiger partial charge in [0.2, 0.25) is 0 Å². The van der Waals surface area contributed by atoms with E-state index in [1.54, 1.807) is 43.5 Å². The van der Waals surface area contributed by atoms with Crippen molar-refractivity contribution in [2.75, 3.05) is 0 Å². The Kier molecular flexibility index (Phi) is 8.60.